The number of carbonyl (C=O) groups is 3. The Hall–Kier alpha value is -1.16. The standard InChI is InChI=1S/C23H31ClO4/c1-22-9-7-15(25)11-14(22)3-4-16-17-5-6-19(20(26)13-28-21(27)12-24)23(17,2)10-8-18(16)22/h11,16-19H,3-10,12-13H2,1-2H3/t16-,17-,18-,19+,22-,23-/m0/s1. The van der Waals surface area contributed by atoms with Gasteiger partial charge in [-0.2, -0.15) is 0 Å². The lowest BCUT2D eigenvalue weighted by molar-refractivity contribution is -0.149. The summed E-state index contributed by atoms with van der Waals surface area (Å²) in [5.41, 5.74) is 1.55. The summed E-state index contributed by atoms with van der Waals surface area (Å²) in [6.45, 7) is 4.54. The fourth-order valence-electron chi connectivity index (χ4n) is 7.38. The van der Waals surface area contributed by atoms with Gasteiger partial charge in [-0.05, 0) is 79.6 Å². The van der Waals surface area contributed by atoms with E-state index in [1.54, 1.807) is 0 Å². The summed E-state index contributed by atoms with van der Waals surface area (Å²) in [6, 6.07) is 0. The number of alkyl halides is 1. The van der Waals surface area contributed by atoms with E-state index in [0.29, 0.717) is 30.0 Å². The number of carbonyl (C=O) groups excluding carboxylic acids is 3. The summed E-state index contributed by atoms with van der Waals surface area (Å²) in [5, 5.41) is 0. The highest BCUT2D eigenvalue weighted by Gasteiger charge is 2.60. The second-order valence-electron chi connectivity index (χ2n) is 9.90. The van der Waals surface area contributed by atoms with Crippen molar-refractivity contribution in [1.29, 1.82) is 0 Å². The van der Waals surface area contributed by atoms with E-state index in [9.17, 15) is 14.4 Å². The van der Waals surface area contributed by atoms with E-state index in [2.05, 4.69) is 13.8 Å². The molecule has 5 heteroatoms. The lowest BCUT2D eigenvalue weighted by Gasteiger charge is -2.58. The van der Waals surface area contributed by atoms with Gasteiger partial charge >= 0.3 is 5.97 Å². The van der Waals surface area contributed by atoms with Crippen molar-refractivity contribution in [3.8, 4) is 0 Å². The molecule has 0 aromatic rings. The minimum atomic E-state index is -0.523. The van der Waals surface area contributed by atoms with Gasteiger partial charge in [0.15, 0.2) is 11.6 Å². The predicted molar refractivity (Wildman–Crippen MR) is 107 cm³/mol. The summed E-state index contributed by atoms with van der Waals surface area (Å²) in [6.07, 6.45) is 9.95. The third-order valence-electron chi connectivity index (χ3n) is 8.84. The van der Waals surface area contributed by atoms with Gasteiger partial charge in [-0.25, -0.2) is 0 Å². The molecule has 0 aromatic carbocycles. The zero-order chi connectivity index (χ0) is 20.1. The first kappa shape index (κ1) is 20.1. The first-order valence-electron chi connectivity index (χ1n) is 10.8. The van der Waals surface area contributed by atoms with Gasteiger partial charge in [-0.1, -0.05) is 19.4 Å². The molecule has 3 fully saturated rings. The van der Waals surface area contributed by atoms with Gasteiger partial charge in [0.25, 0.3) is 0 Å². The molecule has 0 bridgehead atoms. The number of esters is 1. The van der Waals surface area contributed by atoms with Crippen LogP contribution in [-0.2, 0) is 19.1 Å². The summed E-state index contributed by atoms with van der Waals surface area (Å²) in [5.74, 6) is 1.43. The molecule has 0 aromatic heterocycles. The fraction of sp³-hybridized carbons (Fsp3) is 0.783. The Labute approximate surface area is 172 Å². The number of ether oxygens (including phenoxy) is 1. The van der Waals surface area contributed by atoms with Crippen LogP contribution in [0.15, 0.2) is 11.6 Å². The molecule has 4 aliphatic rings. The average molecular weight is 407 g/mol. The molecule has 0 heterocycles. The molecular weight excluding hydrogens is 376 g/mol. The van der Waals surface area contributed by atoms with Crippen molar-refractivity contribution < 1.29 is 19.1 Å². The van der Waals surface area contributed by atoms with Gasteiger partial charge < -0.3 is 4.74 Å². The maximum Gasteiger partial charge on any atom is 0.321 e. The largest absolute Gasteiger partial charge is 0.457 e. The molecule has 6 atom stereocenters. The van der Waals surface area contributed by atoms with Gasteiger partial charge in [0.1, 0.15) is 12.5 Å². The van der Waals surface area contributed by atoms with Crippen LogP contribution in [0.4, 0.5) is 0 Å². The molecule has 0 amide bonds. The zero-order valence-corrected chi connectivity index (χ0v) is 17.7. The molecular formula is C23H31ClO4. The molecule has 0 aliphatic heterocycles. The predicted octanol–water partition coefficient (Wildman–Crippen LogP) is 4.49. The highest BCUT2D eigenvalue weighted by Crippen LogP contribution is 2.66. The van der Waals surface area contributed by atoms with Gasteiger partial charge in [-0.3, -0.25) is 14.4 Å². The second-order valence-corrected chi connectivity index (χ2v) is 10.2. The fourth-order valence-corrected chi connectivity index (χ4v) is 7.46. The number of ketones is 2. The van der Waals surface area contributed by atoms with Crippen LogP contribution in [0.2, 0.25) is 0 Å². The van der Waals surface area contributed by atoms with E-state index in [1.165, 1.54) is 5.57 Å². The molecule has 4 nitrogen and oxygen atoms in total. The number of hydrogen-bond donors (Lipinski definition) is 0. The molecule has 0 N–H and O–H groups in total. The normalized spacial score (nSPS) is 42.1. The van der Waals surface area contributed by atoms with Crippen LogP contribution in [0.25, 0.3) is 0 Å². The lowest BCUT2D eigenvalue weighted by Crippen LogP contribution is -2.51. The molecule has 0 saturated heterocycles. The third kappa shape index (κ3) is 3.07. The first-order chi connectivity index (χ1) is 13.3. The molecule has 0 radical (unpaired) electrons. The van der Waals surface area contributed by atoms with E-state index in [0.717, 1.165) is 44.9 Å². The van der Waals surface area contributed by atoms with Gasteiger partial charge in [0.2, 0.25) is 0 Å². The minimum absolute atomic E-state index is 0.00763. The Balaban J connectivity index is 1.52. The number of halogens is 1. The maximum atomic E-state index is 12.8. The SMILES string of the molecule is C[C@]12CC[C@H]3[C@@H](CCC4=CC(=O)CC[C@@]43C)[C@@H]1CC[C@@H]2C(=O)COC(=O)CCl. The quantitative estimate of drug-likeness (QED) is 0.510. The smallest absolute Gasteiger partial charge is 0.321 e. The van der Waals surface area contributed by atoms with E-state index in [4.69, 9.17) is 16.3 Å². The molecule has 4 aliphatic carbocycles. The Morgan fingerprint density at radius 2 is 1.89 bits per heavy atom. The summed E-state index contributed by atoms with van der Waals surface area (Å²) in [7, 11) is 0. The van der Waals surface area contributed by atoms with E-state index in [-0.39, 0.29) is 35.0 Å². The lowest BCUT2D eigenvalue weighted by atomic mass is 9.46. The maximum absolute atomic E-state index is 12.8. The van der Waals surface area contributed by atoms with Crippen LogP contribution in [0, 0.1) is 34.5 Å². The number of allylic oxidation sites excluding steroid dienone is 1. The van der Waals surface area contributed by atoms with Crippen LogP contribution in [0.1, 0.15) is 65.2 Å². The van der Waals surface area contributed by atoms with E-state index >= 15 is 0 Å². The number of rotatable bonds is 4. The Morgan fingerprint density at radius 1 is 1.11 bits per heavy atom. The Kier molecular flexibility index (Phi) is 5.22. The van der Waals surface area contributed by atoms with Crippen LogP contribution in [0.3, 0.4) is 0 Å². The van der Waals surface area contributed by atoms with Crippen LogP contribution >= 0.6 is 11.6 Å². The van der Waals surface area contributed by atoms with Crippen LogP contribution in [-0.4, -0.2) is 30.0 Å². The van der Waals surface area contributed by atoms with Gasteiger partial charge in [0, 0.05) is 12.3 Å². The minimum Gasteiger partial charge on any atom is -0.457 e. The first-order valence-corrected chi connectivity index (χ1v) is 11.3. The Bertz CT molecular complexity index is 728. The number of hydrogen-bond acceptors (Lipinski definition) is 4. The highest BCUT2D eigenvalue weighted by molar-refractivity contribution is 6.26. The van der Waals surface area contributed by atoms with E-state index < -0.39 is 5.97 Å². The molecule has 0 spiro atoms. The summed E-state index contributed by atoms with van der Waals surface area (Å²) < 4.78 is 5.03. The van der Waals surface area contributed by atoms with Crippen LogP contribution < -0.4 is 0 Å². The molecule has 3 saturated carbocycles. The van der Waals surface area contributed by atoms with Gasteiger partial charge in [-0.15, -0.1) is 11.6 Å². The van der Waals surface area contributed by atoms with Crippen LogP contribution in [0.5, 0.6) is 0 Å². The second kappa shape index (κ2) is 7.27. The van der Waals surface area contributed by atoms with E-state index in [1.807, 2.05) is 6.08 Å². The monoisotopic (exact) mass is 406 g/mol. The van der Waals surface area contributed by atoms with Crippen molar-refractivity contribution in [3.05, 3.63) is 11.6 Å². The molecule has 28 heavy (non-hydrogen) atoms. The molecule has 4 rings (SSSR count). The zero-order valence-electron chi connectivity index (χ0n) is 17.0. The Morgan fingerprint density at radius 3 is 2.64 bits per heavy atom. The topological polar surface area (TPSA) is 60.4 Å². The van der Waals surface area contributed by atoms with Crippen molar-refractivity contribution in [2.45, 2.75) is 65.2 Å². The summed E-state index contributed by atoms with van der Waals surface area (Å²) >= 11 is 5.48. The number of fused-ring (bicyclic) bond motifs is 5. The molecule has 0 unspecified atom stereocenters. The van der Waals surface area contributed by atoms with Crippen molar-refractivity contribution in [1.82, 2.24) is 0 Å². The van der Waals surface area contributed by atoms with Crippen molar-refractivity contribution in [2.24, 2.45) is 34.5 Å². The number of Topliss-reactive ketones (excluding diaryl/α,β-unsaturated/α-hetero) is 1. The molecule has 154 valence electrons. The summed E-state index contributed by atoms with van der Waals surface area (Å²) in [4.78, 5) is 36.1. The van der Waals surface area contributed by atoms with Crippen molar-refractivity contribution >= 4 is 29.1 Å². The highest BCUT2D eigenvalue weighted by atomic mass is 35.5. The van der Waals surface area contributed by atoms with Gasteiger partial charge in [0.05, 0.1) is 0 Å². The third-order valence-corrected chi connectivity index (χ3v) is 9.05. The van der Waals surface area contributed by atoms with Crippen molar-refractivity contribution in [2.75, 3.05) is 12.5 Å². The van der Waals surface area contributed by atoms with Crippen molar-refractivity contribution in [3.63, 3.8) is 0 Å². The average Bonchev–Trinajstić information content (AvgIpc) is 3.03.